The van der Waals surface area contributed by atoms with Gasteiger partial charge in [0.2, 0.25) is 0 Å². The molecule has 2 atom stereocenters. The van der Waals surface area contributed by atoms with E-state index in [4.69, 9.17) is 14.6 Å². The van der Waals surface area contributed by atoms with Gasteiger partial charge in [0.25, 0.3) is 0 Å². The number of aliphatic hydroxyl groups excluding tert-OH is 1. The minimum Gasteiger partial charge on any atom is -0.396 e. The first-order valence-corrected chi connectivity index (χ1v) is 9.05. The van der Waals surface area contributed by atoms with Gasteiger partial charge in [0.15, 0.2) is 5.79 Å². The smallest absolute Gasteiger partial charge is 0.163 e. The summed E-state index contributed by atoms with van der Waals surface area (Å²) in [6.07, 6.45) is 13.9. The molecule has 3 heteroatoms. The van der Waals surface area contributed by atoms with E-state index in [9.17, 15) is 0 Å². The van der Waals surface area contributed by atoms with Crippen molar-refractivity contribution in [3.8, 4) is 0 Å². The molecule has 0 aromatic carbocycles. The maximum absolute atomic E-state index is 8.98. The molecule has 0 aromatic heterocycles. The summed E-state index contributed by atoms with van der Waals surface area (Å²) >= 11 is 0. The molecule has 1 aliphatic rings. The summed E-state index contributed by atoms with van der Waals surface area (Å²) in [5.41, 5.74) is 0. The van der Waals surface area contributed by atoms with E-state index in [2.05, 4.69) is 6.92 Å². The first-order valence-electron chi connectivity index (χ1n) is 9.05. The second kappa shape index (κ2) is 10.6. The van der Waals surface area contributed by atoms with Crippen molar-refractivity contribution >= 4 is 0 Å². The number of ether oxygens (including phenoxy) is 2. The zero-order chi connectivity index (χ0) is 15.6. The minimum absolute atomic E-state index is 0.164. The first kappa shape index (κ1) is 18.9. The van der Waals surface area contributed by atoms with Gasteiger partial charge >= 0.3 is 0 Å². The molecule has 0 bridgehead atoms. The predicted molar refractivity (Wildman–Crippen MR) is 87.4 cm³/mol. The van der Waals surface area contributed by atoms with Crippen LogP contribution in [0.1, 0.15) is 91.4 Å². The highest BCUT2D eigenvalue weighted by atomic mass is 16.7. The molecule has 21 heavy (non-hydrogen) atoms. The van der Waals surface area contributed by atoms with E-state index in [1.54, 1.807) is 0 Å². The van der Waals surface area contributed by atoms with E-state index in [1.165, 1.54) is 51.4 Å². The van der Waals surface area contributed by atoms with Crippen LogP contribution in [0.4, 0.5) is 0 Å². The molecule has 0 spiro atoms. The number of hydrogen-bond donors (Lipinski definition) is 1. The summed E-state index contributed by atoms with van der Waals surface area (Å²) in [5, 5.41) is 8.98. The normalized spacial score (nSPS) is 24.6. The Morgan fingerprint density at radius 2 is 1.24 bits per heavy atom. The third-order valence-corrected chi connectivity index (χ3v) is 4.27. The van der Waals surface area contributed by atoms with Gasteiger partial charge < -0.3 is 14.6 Å². The van der Waals surface area contributed by atoms with E-state index >= 15 is 0 Å². The van der Waals surface area contributed by atoms with Crippen molar-refractivity contribution < 1.29 is 14.6 Å². The van der Waals surface area contributed by atoms with Gasteiger partial charge in [0.1, 0.15) is 0 Å². The molecule has 1 fully saturated rings. The minimum atomic E-state index is -0.453. The molecule has 1 heterocycles. The van der Waals surface area contributed by atoms with Gasteiger partial charge in [-0.05, 0) is 33.1 Å². The van der Waals surface area contributed by atoms with E-state index in [1.807, 2.05) is 13.8 Å². The molecule has 3 nitrogen and oxygen atoms in total. The van der Waals surface area contributed by atoms with Crippen LogP contribution in [0.2, 0.25) is 0 Å². The summed E-state index contributed by atoms with van der Waals surface area (Å²) in [7, 11) is 0. The van der Waals surface area contributed by atoms with Gasteiger partial charge in [-0.15, -0.1) is 0 Å². The van der Waals surface area contributed by atoms with E-state index in [0.29, 0.717) is 0 Å². The molecule has 0 amide bonds. The molecule has 1 saturated heterocycles. The second-order valence-corrected chi connectivity index (χ2v) is 6.84. The quantitative estimate of drug-likeness (QED) is 0.526. The fraction of sp³-hybridized carbons (Fsp3) is 1.00. The van der Waals surface area contributed by atoms with Crippen LogP contribution >= 0.6 is 0 Å². The highest BCUT2D eigenvalue weighted by molar-refractivity contribution is 4.81. The number of unbranched alkanes of at least 4 members (excludes halogenated alkanes) is 7. The second-order valence-electron chi connectivity index (χ2n) is 6.84. The van der Waals surface area contributed by atoms with Gasteiger partial charge in [0, 0.05) is 6.61 Å². The lowest BCUT2D eigenvalue weighted by molar-refractivity contribution is -0.147. The predicted octanol–water partition coefficient (Wildman–Crippen LogP) is 4.81. The van der Waals surface area contributed by atoms with Gasteiger partial charge in [-0.25, -0.2) is 0 Å². The SMILES string of the molecule is CCCCCCCCCC[C@@H]1OC(C)(C)O[C@H]1CCCO. The van der Waals surface area contributed by atoms with Crippen molar-refractivity contribution in [2.24, 2.45) is 0 Å². The van der Waals surface area contributed by atoms with Crippen molar-refractivity contribution in [3.05, 3.63) is 0 Å². The average molecular weight is 300 g/mol. The Kier molecular flexibility index (Phi) is 9.54. The van der Waals surface area contributed by atoms with Crippen molar-refractivity contribution in [2.75, 3.05) is 6.61 Å². The molecule has 1 N–H and O–H groups in total. The molecule has 0 saturated carbocycles. The summed E-state index contributed by atoms with van der Waals surface area (Å²) in [4.78, 5) is 0. The fourth-order valence-electron chi connectivity index (χ4n) is 3.17. The average Bonchev–Trinajstić information content (AvgIpc) is 2.74. The van der Waals surface area contributed by atoms with Crippen LogP contribution in [-0.4, -0.2) is 29.7 Å². The molecule has 1 rings (SSSR count). The number of aliphatic hydroxyl groups is 1. The Balaban J connectivity index is 2.11. The van der Waals surface area contributed by atoms with Crippen LogP contribution in [-0.2, 0) is 9.47 Å². The summed E-state index contributed by atoms with van der Waals surface area (Å²) in [6, 6.07) is 0. The van der Waals surface area contributed by atoms with Crippen LogP contribution in [0.25, 0.3) is 0 Å². The summed E-state index contributed by atoms with van der Waals surface area (Å²) in [5.74, 6) is -0.453. The number of rotatable bonds is 12. The van der Waals surface area contributed by atoms with Crippen LogP contribution in [0.5, 0.6) is 0 Å². The highest BCUT2D eigenvalue weighted by Crippen LogP contribution is 2.33. The zero-order valence-electron chi connectivity index (χ0n) is 14.4. The molecule has 0 aliphatic carbocycles. The molecular formula is C18H36O3. The fourth-order valence-corrected chi connectivity index (χ4v) is 3.17. The standard InChI is InChI=1S/C18H36O3/c1-4-5-6-7-8-9-10-11-13-16-17(14-12-15-19)21-18(2,3)20-16/h16-17,19H,4-15H2,1-3H3/t16-,17-/m0/s1. The lowest BCUT2D eigenvalue weighted by Crippen LogP contribution is -2.22. The molecule has 1 aliphatic heterocycles. The van der Waals surface area contributed by atoms with Crippen LogP contribution in [0, 0.1) is 0 Å². The van der Waals surface area contributed by atoms with E-state index < -0.39 is 5.79 Å². The monoisotopic (exact) mass is 300 g/mol. The third kappa shape index (κ3) is 8.18. The van der Waals surface area contributed by atoms with Crippen molar-refractivity contribution in [1.29, 1.82) is 0 Å². The third-order valence-electron chi connectivity index (χ3n) is 4.27. The lowest BCUT2D eigenvalue weighted by Gasteiger charge is -2.16. The molecule has 126 valence electrons. The van der Waals surface area contributed by atoms with Crippen molar-refractivity contribution in [2.45, 2.75) is 109 Å². The molecule has 0 aromatic rings. The Bertz CT molecular complexity index is 253. The van der Waals surface area contributed by atoms with E-state index in [-0.39, 0.29) is 18.8 Å². The van der Waals surface area contributed by atoms with Gasteiger partial charge in [-0.2, -0.15) is 0 Å². The maximum atomic E-state index is 8.98. The zero-order valence-corrected chi connectivity index (χ0v) is 14.4. The van der Waals surface area contributed by atoms with Gasteiger partial charge in [-0.3, -0.25) is 0 Å². The summed E-state index contributed by atoms with van der Waals surface area (Å²) < 4.78 is 12.0. The van der Waals surface area contributed by atoms with Crippen LogP contribution in [0.15, 0.2) is 0 Å². The molecular weight excluding hydrogens is 264 g/mol. The molecule has 0 radical (unpaired) electrons. The van der Waals surface area contributed by atoms with Crippen LogP contribution < -0.4 is 0 Å². The molecule has 0 unspecified atom stereocenters. The van der Waals surface area contributed by atoms with Gasteiger partial charge in [-0.1, -0.05) is 58.3 Å². The Labute approximate surface area is 131 Å². The largest absolute Gasteiger partial charge is 0.396 e. The lowest BCUT2D eigenvalue weighted by atomic mass is 10.0. The van der Waals surface area contributed by atoms with Gasteiger partial charge in [0.05, 0.1) is 12.2 Å². The highest BCUT2D eigenvalue weighted by Gasteiger charge is 2.40. The maximum Gasteiger partial charge on any atom is 0.163 e. The Morgan fingerprint density at radius 3 is 1.76 bits per heavy atom. The topological polar surface area (TPSA) is 38.7 Å². The van der Waals surface area contributed by atoms with Crippen molar-refractivity contribution in [3.63, 3.8) is 0 Å². The Morgan fingerprint density at radius 1 is 0.762 bits per heavy atom. The first-order chi connectivity index (χ1) is 10.1. The Hall–Kier alpha value is -0.120. The summed E-state index contributed by atoms with van der Waals surface area (Å²) in [6.45, 7) is 6.49. The van der Waals surface area contributed by atoms with Crippen LogP contribution in [0.3, 0.4) is 0 Å². The number of hydrogen-bond acceptors (Lipinski definition) is 3. The van der Waals surface area contributed by atoms with Crippen molar-refractivity contribution in [1.82, 2.24) is 0 Å². The van der Waals surface area contributed by atoms with E-state index in [0.717, 1.165) is 19.3 Å².